The summed E-state index contributed by atoms with van der Waals surface area (Å²) in [6.07, 6.45) is 1.98. The van der Waals surface area contributed by atoms with Gasteiger partial charge in [-0.05, 0) is 49.2 Å². The molecule has 2 aromatic carbocycles. The monoisotopic (exact) mass is 278 g/mol. The third kappa shape index (κ3) is 1.59. The predicted molar refractivity (Wildman–Crippen MR) is 84.2 cm³/mol. The molecular weight excluding hydrogens is 264 g/mol. The van der Waals surface area contributed by atoms with Crippen LogP contribution in [0, 0.1) is 13.8 Å². The number of aromatic amines is 1. The van der Waals surface area contributed by atoms with Gasteiger partial charge in [-0.3, -0.25) is 4.79 Å². The summed E-state index contributed by atoms with van der Waals surface area (Å²) in [6, 6.07) is 9.16. The molecule has 21 heavy (non-hydrogen) atoms. The van der Waals surface area contributed by atoms with Crippen molar-refractivity contribution in [1.29, 1.82) is 0 Å². The maximum absolute atomic E-state index is 12.4. The van der Waals surface area contributed by atoms with Crippen molar-refractivity contribution < 1.29 is 5.11 Å². The smallest absolute Gasteiger partial charge is 0.273 e. The van der Waals surface area contributed by atoms with Crippen LogP contribution in [0.3, 0.4) is 0 Å². The molecule has 0 radical (unpaired) electrons. The number of aryl methyl sites for hydroxylation is 2. The highest BCUT2D eigenvalue weighted by Gasteiger charge is 2.11. The molecule has 0 aliphatic rings. The number of aromatic nitrogens is 2. The Labute approximate surface area is 120 Å². The minimum absolute atomic E-state index is 0.140. The Kier molecular flexibility index (Phi) is 2.22. The van der Waals surface area contributed by atoms with Crippen LogP contribution in [0.1, 0.15) is 11.1 Å². The zero-order chi connectivity index (χ0) is 14.7. The van der Waals surface area contributed by atoms with E-state index in [0.29, 0.717) is 11.0 Å². The van der Waals surface area contributed by atoms with E-state index < -0.39 is 0 Å². The van der Waals surface area contributed by atoms with Crippen LogP contribution in [0.5, 0.6) is 5.75 Å². The van der Waals surface area contributed by atoms with Crippen molar-refractivity contribution in [2.24, 2.45) is 0 Å². The van der Waals surface area contributed by atoms with E-state index in [0.717, 1.165) is 16.3 Å². The van der Waals surface area contributed by atoms with Gasteiger partial charge in [0.15, 0.2) is 0 Å². The highest BCUT2D eigenvalue weighted by atomic mass is 16.3. The molecule has 104 valence electrons. The first-order chi connectivity index (χ1) is 10.0. The van der Waals surface area contributed by atoms with Crippen molar-refractivity contribution in [1.82, 2.24) is 9.38 Å². The van der Waals surface area contributed by atoms with Crippen LogP contribution in [-0.4, -0.2) is 14.5 Å². The molecule has 0 saturated carbocycles. The molecule has 2 aromatic heterocycles. The number of aromatic hydroxyl groups is 1. The molecule has 0 aliphatic carbocycles. The van der Waals surface area contributed by atoms with Crippen molar-refractivity contribution in [3.63, 3.8) is 0 Å². The highest BCUT2D eigenvalue weighted by Crippen LogP contribution is 2.26. The lowest BCUT2D eigenvalue weighted by Crippen LogP contribution is -2.09. The average molecular weight is 278 g/mol. The zero-order valence-electron chi connectivity index (χ0n) is 11.8. The van der Waals surface area contributed by atoms with Crippen LogP contribution >= 0.6 is 0 Å². The molecule has 0 spiro atoms. The van der Waals surface area contributed by atoms with Crippen molar-refractivity contribution in [2.75, 3.05) is 0 Å². The first kappa shape index (κ1) is 12.0. The van der Waals surface area contributed by atoms with E-state index in [2.05, 4.69) is 24.0 Å². The Hall–Kier alpha value is -2.75. The van der Waals surface area contributed by atoms with Gasteiger partial charge < -0.3 is 14.5 Å². The average Bonchev–Trinajstić information content (AvgIpc) is 2.78. The second-order valence-corrected chi connectivity index (χ2v) is 5.53. The van der Waals surface area contributed by atoms with Crippen molar-refractivity contribution in [3.8, 4) is 5.75 Å². The fourth-order valence-corrected chi connectivity index (χ4v) is 2.92. The number of phenols is 1. The molecule has 0 aliphatic heterocycles. The number of benzene rings is 2. The number of phenolic OH excluding ortho intramolecular Hbond substituents is 1. The van der Waals surface area contributed by atoms with Crippen LogP contribution in [0.15, 0.2) is 41.3 Å². The van der Waals surface area contributed by atoms with Crippen molar-refractivity contribution >= 4 is 27.3 Å². The van der Waals surface area contributed by atoms with Gasteiger partial charge in [-0.1, -0.05) is 0 Å². The summed E-state index contributed by atoms with van der Waals surface area (Å²) in [6.45, 7) is 4.11. The minimum Gasteiger partial charge on any atom is -0.508 e. The molecule has 2 N–H and O–H groups in total. The Balaban J connectivity index is 2.31. The van der Waals surface area contributed by atoms with Gasteiger partial charge in [-0.2, -0.15) is 0 Å². The van der Waals surface area contributed by atoms with Gasteiger partial charge in [0.1, 0.15) is 11.3 Å². The predicted octanol–water partition coefficient (Wildman–Crippen LogP) is 3.26. The van der Waals surface area contributed by atoms with Gasteiger partial charge >= 0.3 is 0 Å². The molecule has 4 heteroatoms. The first-order valence-corrected chi connectivity index (χ1v) is 6.81. The van der Waals surface area contributed by atoms with Gasteiger partial charge in [-0.25, -0.2) is 0 Å². The Bertz CT molecular complexity index is 1090. The fraction of sp³-hybridized carbons (Fsp3) is 0.118. The number of hydrogen-bond acceptors (Lipinski definition) is 2. The van der Waals surface area contributed by atoms with Crippen LogP contribution in [-0.2, 0) is 0 Å². The summed E-state index contributed by atoms with van der Waals surface area (Å²) in [4.78, 5) is 15.3. The van der Waals surface area contributed by atoms with E-state index in [-0.39, 0.29) is 11.3 Å². The van der Waals surface area contributed by atoms with Crippen LogP contribution in [0.2, 0.25) is 0 Å². The van der Waals surface area contributed by atoms with E-state index in [9.17, 15) is 9.90 Å². The lowest BCUT2D eigenvalue weighted by atomic mass is 10.1. The lowest BCUT2D eigenvalue weighted by Gasteiger charge is -2.03. The van der Waals surface area contributed by atoms with E-state index in [1.165, 1.54) is 11.1 Å². The van der Waals surface area contributed by atoms with E-state index in [4.69, 9.17) is 0 Å². The van der Waals surface area contributed by atoms with Gasteiger partial charge in [-0.15, -0.1) is 0 Å². The van der Waals surface area contributed by atoms with Gasteiger partial charge in [0, 0.05) is 23.0 Å². The summed E-state index contributed by atoms with van der Waals surface area (Å²) in [5, 5.41) is 11.6. The van der Waals surface area contributed by atoms with Gasteiger partial charge in [0.05, 0.1) is 11.0 Å². The summed E-state index contributed by atoms with van der Waals surface area (Å²) >= 11 is 0. The summed E-state index contributed by atoms with van der Waals surface area (Å²) < 4.78 is 1.90. The maximum Gasteiger partial charge on any atom is 0.273 e. The molecule has 0 amide bonds. The van der Waals surface area contributed by atoms with E-state index in [1.54, 1.807) is 12.1 Å². The number of rotatable bonds is 0. The fourth-order valence-electron chi connectivity index (χ4n) is 2.92. The standard InChI is InChI=1S/C17H14N2O2/c1-9-5-11-8-19-15-4-3-12(20)7-14(15)18-17(21)16(19)13(11)6-10(9)2/h3-8,20H,1-2H3,(H,18,21). The summed E-state index contributed by atoms with van der Waals surface area (Å²) in [7, 11) is 0. The van der Waals surface area contributed by atoms with Crippen LogP contribution < -0.4 is 5.56 Å². The molecule has 2 heterocycles. The van der Waals surface area contributed by atoms with Crippen molar-refractivity contribution in [2.45, 2.75) is 13.8 Å². The quantitative estimate of drug-likeness (QED) is 0.518. The SMILES string of the molecule is Cc1cc2cn3c4ccc(O)cc4[nH]c(=O)c3c2cc1C. The number of H-pyrrole nitrogens is 1. The third-order valence-electron chi connectivity index (χ3n) is 4.13. The molecule has 4 aromatic rings. The second kappa shape index (κ2) is 3.88. The largest absolute Gasteiger partial charge is 0.508 e. The Morgan fingerprint density at radius 1 is 1.10 bits per heavy atom. The number of nitrogens with one attached hydrogen (secondary N) is 1. The molecule has 0 atom stereocenters. The van der Waals surface area contributed by atoms with Gasteiger partial charge in [0.25, 0.3) is 5.56 Å². The van der Waals surface area contributed by atoms with E-state index in [1.807, 2.05) is 23.6 Å². The maximum atomic E-state index is 12.4. The van der Waals surface area contributed by atoms with Crippen LogP contribution in [0.25, 0.3) is 27.3 Å². The molecule has 0 unspecified atom stereocenters. The molecule has 0 fully saturated rings. The lowest BCUT2D eigenvalue weighted by molar-refractivity contribution is 0.476. The number of hydrogen-bond donors (Lipinski definition) is 2. The first-order valence-electron chi connectivity index (χ1n) is 6.81. The summed E-state index contributed by atoms with van der Waals surface area (Å²) in [5.41, 5.74) is 4.37. The van der Waals surface area contributed by atoms with E-state index >= 15 is 0 Å². The topological polar surface area (TPSA) is 57.5 Å². The molecular formula is C17H14N2O2. The second-order valence-electron chi connectivity index (χ2n) is 5.53. The molecule has 4 rings (SSSR count). The Morgan fingerprint density at radius 2 is 1.86 bits per heavy atom. The van der Waals surface area contributed by atoms with Gasteiger partial charge in [0.2, 0.25) is 0 Å². The normalized spacial score (nSPS) is 11.7. The third-order valence-corrected chi connectivity index (χ3v) is 4.13. The molecule has 0 saturated heterocycles. The Morgan fingerprint density at radius 3 is 2.67 bits per heavy atom. The highest BCUT2D eigenvalue weighted by molar-refractivity contribution is 6.00. The molecule has 4 nitrogen and oxygen atoms in total. The number of nitrogens with zero attached hydrogens (tertiary/aromatic N) is 1. The number of fused-ring (bicyclic) bond motifs is 5. The van der Waals surface area contributed by atoms with Crippen molar-refractivity contribution in [3.05, 3.63) is 58.0 Å². The zero-order valence-corrected chi connectivity index (χ0v) is 11.8. The molecule has 0 bridgehead atoms. The minimum atomic E-state index is -0.147. The summed E-state index contributed by atoms with van der Waals surface area (Å²) in [5.74, 6) is 0.140. The van der Waals surface area contributed by atoms with Crippen LogP contribution in [0.4, 0.5) is 0 Å².